The summed E-state index contributed by atoms with van der Waals surface area (Å²) in [6.45, 7) is 3.50. The minimum Gasteiger partial charge on any atom is -0.468 e. The summed E-state index contributed by atoms with van der Waals surface area (Å²) in [5, 5.41) is 14.7. The molecular formula is C27H26N2O7. The number of non-ortho nitro benzene ring substituents is 1. The number of hydrogen-bond donors (Lipinski definition) is 1. The standard InChI is InChI=1S/C27H26N2O7/c1-15-12-20-24(25(30)21(15)26(31)35-3)23(18-10-7-11-19(13-18)29(33)34)22(16(2)28-20)27(32)36-14-17-8-5-4-6-9-17/h4-11,13,15,21,23,28H,12,14H2,1-3H3/t15-,21-,23-/m1/s1. The average molecular weight is 491 g/mol. The predicted octanol–water partition coefficient (Wildman–Crippen LogP) is 3.95. The van der Waals surface area contributed by atoms with Crippen molar-refractivity contribution in [2.75, 3.05) is 7.11 Å². The zero-order chi connectivity index (χ0) is 26.0. The lowest BCUT2D eigenvalue weighted by Crippen LogP contribution is -2.43. The van der Waals surface area contributed by atoms with Crippen molar-refractivity contribution in [3.8, 4) is 0 Å². The Kier molecular flexibility index (Phi) is 7.00. The van der Waals surface area contributed by atoms with Gasteiger partial charge in [-0.1, -0.05) is 49.4 Å². The number of hydrogen-bond acceptors (Lipinski definition) is 8. The van der Waals surface area contributed by atoms with Gasteiger partial charge in [-0.2, -0.15) is 0 Å². The van der Waals surface area contributed by atoms with Crippen molar-refractivity contribution in [1.82, 2.24) is 5.32 Å². The van der Waals surface area contributed by atoms with Crippen molar-refractivity contribution in [3.63, 3.8) is 0 Å². The van der Waals surface area contributed by atoms with Crippen molar-refractivity contribution in [2.45, 2.75) is 32.8 Å². The maximum absolute atomic E-state index is 13.7. The molecule has 0 spiro atoms. The van der Waals surface area contributed by atoms with E-state index in [1.165, 1.54) is 25.3 Å². The van der Waals surface area contributed by atoms with E-state index in [1.54, 1.807) is 19.9 Å². The maximum Gasteiger partial charge on any atom is 0.337 e. The number of nitro groups is 1. The van der Waals surface area contributed by atoms with Crippen LogP contribution in [0.2, 0.25) is 0 Å². The lowest BCUT2D eigenvalue weighted by Gasteiger charge is -2.38. The highest BCUT2D eigenvalue weighted by atomic mass is 16.6. The first-order valence-corrected chi connectivity index (χ1v) is 11.5. The second-order valence-corrected chi connectivity index (χ2v) is 8.95. The molecule has 0 saturated heterocycles. The second kappa shape index (κ2) is 10.2. The van der Waals surface area contributed by atoms with E-state index >= 15 is 0 Å². The van der Waals surface area contributed by atoms with Crippen LogP contribution in [-0.4, -0.2) is 29.8 Å². The van der Waals surface area contributed by atoms with E-state index in [0.717, 1.165) is 5.56 Å². The van der Waals surface area contributed by atoms with Crippen LogP contribution in [0.25, 0.3) is 0 Å². The second-order valence-electron chi connectivity index (χ2n) is 8.95. The minimum atomic E-state index is -1.04. The molecule has 0 bridgehead atoms. The summed E-state index contributed by atoms with van der Waals surface area (Å²) in [6.07, 6.45) is 0.371. The van der Waals surface area contributed by atoms with Crippen LogP contribution in [0.3, 0.4) is 0 Å². The van der Waals surface area contributed by atoms with Crippen LogP contribution < -0.4 is 5.32 Å². The SMILES string of the molecule is COC(=O)[C@H]1C(=O)C2=C(C[C@H]1C)NC(C)=C(C(=O)OCc1ccccc1)[C@H]2c1cccc([N+](=O)[O-])c1. The number of rotatable bonds is 6. The van der Waals surface area contributed by atoms with E-state index in [9.17, 15) is 24.5 Å². The molecule has 4 rings (SSSR count). The highest BCUT2D eigenvalue weighted by Gasteiger charge is 2.47. The van der Waals surface area contributed by atoms with E-state index in [0.29, 0.717) is 23.4 Å². The van der Waals surface area contributed by atoms with Crippen molar-refractivity contribution in [1.29, 1.82) is 0 Å². The molecule has 1 heterocycles. The number of ether oxygens (including phenoxy) is 2. The molecule has 0 fully saturated rings. The van der Waals surface area contributed by atoms with Gasteiger partial charge in [0.15, 0.2) is 5.78 Å². The fourth-order valence-corrected chi connectivity index (χ4v) is 4.90. The molecule has 2 aromatic rings. The molecule has 0 amide bonds. The summed E-state index contributed by atoms with van der Waals surface area (Å²) in [5.74, 6) is -4.11. The van der Waals surface area contributed by atoms with Gasteiger partial charge in [-0.25, -0.2) is 4.79 Å². The lowest BCUT2D eigenvalue weighted by atomic mass is 9.69. The minimum absolute atomic E-state index is 0.0137. The van der Waals surface area contributed by atoms with Gasteiger partial charge in [-0.15, -0.1) is 0 Å². The Morgan fingerprint density at radius 2 is 1.86 bits per heavy atom. The highest BCUT2D eigenvalue weighted by molar-refractivity contribution is 6.12. The normalized spacial score (nSPS) is 21.4. The molecule has 9 nitrogen and oxygen atoms in total. The first-order valence-electron chi connectivity index (χ1n) is 11.5. The molecule has 0 aromatic heterocycles. The van der Waals surface area contributed by atoms with E-state index in [2.05, 4.69) is 5.32 Å². The Hall–Kier alpha value is -4.27. The third-order valence-electron chi connectivity index (χ3n) is 6.59. The number of nitrogens with one attached hydrogen (secondary N) is 1. The van der Waals surface area contributed by atoms with E-state index in [-0.39, 0.29) is 29.4 Å². The number of nitrogens with zero attached hydrogens (tertiary/aromatic N) is 1. The summed E-state index contributed by atoms with van der Waals surface area (Å²) < 4.78 is 10.5. The van der Waals surface area contributed by atoms with Crippen LogP contribution in [0.1, 0.15) is 37.3 Å². The van der Waals surface area contributed by atoms with Gasteiger partial charge >= 0.3 is 11.9 Å². The number of esters is 2. The smallest absolute Gasteiger partial charge is 0.337 e. The average Bonchev–Trinajstić information content (AvgIpc) is 2.86. The van der Waals surface area contributed by atoms with E-state index < -0.39 is 34.5 Å². The summed E-state index contributed by atoms with van der Waals surface area (Å²) in [4.78, 5) is 50.6. The molecule has 0 unspecified atom stereocenters. The molecular weight excluding hydrogens is 464 g/mol. The van der Waals surface area contributed by atoms with Gasteiger partial charge in [0.25, 0.3) is 5.69 Å². The number of nitro benzene ring substituents is 1. The largest absolute Gasteiger partial charge is 0.468 e. The van der Waals surface area contributed by atoms with Crippen LogP contribution in [0.5, 0.6) is 0 Å². The topological polar surface area (TPSA) is 125 Å². The van der Waals surface area contributed by atoms with Gasteiger partial charge in [0.05, 0.1) is 17.6 Å². The van der Waals surface area contributed by atoms with Crippen molar-refractivity contribution in [3.05, 3.63) is 98.4 Å². The Bertz CT molecular complexity index is 1300. The molecule has 1 aliphatic carbocycles. The number of allylic oxidation sites excluding steroid dienone is 3. The molecule has 0 radical (unpaired) electrons. The molecule has 36 heavy (non-hydrogen) atoms. The molecule has 2 aliphatic rings. The van der Waals surface area contributed by atoms with E-state index in [1.807, 2.05) is 30.3 Å². The zero-order valence-corrected chi connectivity index (χ0v) is 20.1. The van der Waals surface area contributed by atoms with Gasteiger partial charge in [0, 0.05) is 35.0 Å². The quantitative estimate of drug-likeness (QED) is 0.279. The summed E-state index contributed by atoms with van der Waals surface area (Å²) in [5.41, 5.74) is 2.45. The lowest BCUT2D eigenvalue weighted by molar-refractivity contribution is -0.384. The van der Waals surface area contributed by atoms with Gasteiger partial charge in [0.2, 0.25) is 0 Å². The van der Waals surface area contributed by atoms with Gasteiger partial charge in [-0.3, -0.25) is 19.7 Å². The molecule has 3 atom stereocenters. The molecule has 1 aliphatic heterocycles. The number of carbonyl (C=O) groups is 3. The molecule has 1 N–H and O–H groups in total. The van der Waals surface area contributed by atoms with Gasteiger partial charge < -0.3 is 14.8 Å². The van der Waals surface area contributed by atoms with Gasteiger partial charge in [0.1, 0.15) is 12.5 Å². The number of Topliss-reactive ketones (excluding diaryl/α,β-unsaturated/α-hetero) is 1. The Morgan fingerprint density at radius 1 is 1.14 bits per heavy atom. The molecule has 9 heteroatoms. The number of methoxy groups -OCH3 is 1. The zero-order valence-electron chi connectivity index (χ0n) is 20.1. The first kappa shape index (κ1) is 24.8. The third-order valence-corrected chi connectivity index (χ3v) is 6.59. The molecule has 0 saturated carbocycles. The Labute approximate surface area is 207 Å². The fourth-order valence-electron chi connectivity index (χ4n) is 4.90. The van der Waals surface area contributed by atoms with Crippen molar-refractivity contribution in [2.24, 2.45) is 11.8 Å². The fraction of sp³-hybridized carbons (Fsp3) is 0.296. The summed E-state index contributed by atoms with van der Waals surface area (Å²) >= 11 is 0. The number of benzene rings is 2. The van der Waals surface area contributed by atoms with Crippen molar-refractivity contribution < 1.29 is 28.8 Å². The summed E-state index contributed by atoms with van der Waals surface area (Å²) in [7, 11) is 1.22. The van der Waals surface area contributed by atoms with Gasteiger partial charge in [-0.05, 0) is 30.4 Å². The maximum atomic E-state index is 13.7. The van der Waals surface area contributed by atoms with Crippen LogP contribution >= 0.6 is 0 Å². The number of dihydropyridines is 1. The van der Waals surface area contributed by atoms with Crippen LogP contribution in [0, 0.1) is 22.0 Å². The Morgan fingerprint density at radius 3 is 2.53 bits per heavy atom. The van der Waals surface area contributed by atoms with E-state index in [4.69, 9.17) is 9.47 Å². The Balaban J connectivity index is 1.80. The van der Waals surface area contributed by atoms with Crippen LogP contribution in [0.4, 0.5) is 5.69 Å². The first-order chi connectivity index (χ1) is 17.2. The third kappa shape index (κ3) is 4.64. The number of ketones is 1. The predicted molar refractivity (Wildman–Crippen MR) is 129 cm³/mol. The van der Waals surface area contributed by atoms with Crippen LogP contribution in [0.15, 0.2) is 77.1 Å². The van der Waals surface area contributed by atoms with Crippen molar-refractivity contribution >= 4 is 23.4 Å². The highest BCUT2D eigenvalue weighted by Crippen LogP contribution is 2.46. The summed E-state index contributed by atoms with van der Waals surface area (Å²) in [6, 6.07) is 15.0. The monoisotopic (exact) mass is 490 g/mol. The molecule has 186 valence electrons. The van der Waals surface area contributed by atoms with Crippen LogP contribution in [-0.2, 0) is 30.5 Å². The number of carbonyl (C=O) groups excluding carboxylic acids is 3. The molecule has 2 aromatic carbocycles.